The second-order valence-corrected chi connectivity index (χ2v) is 4.92. The van der Waals surface area contributed by atoms with Gasteiger partial charge in [-0.3, -0.25) is 0 Å². The number of hydrogen-bond acceptors (Lipinski definition) is 2. The van der Waals surface area contributed by atoms with Crippen LogP contribution in [0.5, 0.6) is 0 Å². The Balaban J connectivity index is 2.71. The van der Waals surface area contributed by atoms with Gasteiger partial charge in [0.05, 0.1) is 11.5 Å². The van der Waals surface area contributed by atoms with Crippen molar-refractivity contribution in [2.24, 2.45) is 5.92 Å². The maximum atomic E-state index is 12.7. The first-order valence-corrected chi connectivity index (χ1v) is 5.22. The van der Waals surface area contributed by atoms with Crippen LogP contribution in [0.2, 0.25) is 0 Å². The fourth-order valence-electron chi connectivity index (χ4n) is 1.25. The van der Waals surface area contributed by atoms with Gasteiger partial charge in [-0.05, 0) is 6.42 Å². The summed E-state index contributed by atoms with van der Waals surface area (Å²) in [7, 11) is -3.03. The summed E-state index contributed by atoms with van der Waals surface area (Å²) >= 11 is 0. The van der Waals surface area contributed by atoms with Gasteiger partial charge in [-0.1, -0.05) is 6.92 Å². The molecule has 1 aliphatic rings. The average molecular weight is 166 g/mol. The van der Waals surface area contributed by atoms with Crippen LogP contribution in [0.25, 0.3) is 0 Å². The van der Waals surface area contributed by atoms with Gasteiger partial charge in [0.1, 0.15) is 6.17 Å². The van der Waals surface area contributed by atoms with E-state index < -0.39 is 16.0 Å². The monoisotopic (exact) mass is 166 g/mol. The maximum absolute atomic E-state index is 12.7. The summed E-state index contributed by atoms with van der Waals surface area (Å²) in [6.45, 7) is 1.82. The molecule has 2 nitrogen and oxygen atoms in total. The Kier molecular flexibility index (Phi) is 1.99. The molecular weight excluding hydrogens is 155 g/mol. The fourth-order valence-corrected chi connectivity index (χ4v) is 3.24. The zero-order valence-electron chi connectivity index (χ0n) is 5.88. The lowest BCUT2D eigenvalue weighted by molar-refractivity contribution is 0.279. The van der Waals surface area contributed by atoms with Crippen LogP contribution >= 0.6 is 0 Å². The van der Waals surface area contributed by atoms with E-state index in [0.717, 1.165) is 0 Å². The van der Waals surface area contributed by atoms with Crippen molar-refractivity contribution in [3.63, 3.8) is 0 Å². The molecule has 1 fully saturated rings. The van der Waals surface area contributed by atoms with Crippen molar-refractivity contribution >= 4 is 9.84 Å². The lowest BCUT2D eigenvalue weighted by Crippen LogP contribution is -2.10. The molecule has 0 N–H and O–H groups in total. The van der Waals surface area contributed by atoms with Gasteiger partial charge >= 0.3 is 0 Å². The minimum Gasteiger partial charge on any atom is -0.246 e. The van der Waals surface area contributed by atoms with Gasteiger partial charge in [-0.25, -0.2) is 12.8 Å². The Hall–Kier alpha value is -0.120. The number of hydrogen-bond donors (Lipinski definition) is 0. The van der Waals surface area contributed by atoms with Gasteiger partial charge in [-0.15, -0.1) is 0 Å². The summed E-state index contributed by atoms with van der Waals surface area (Å²) in [4.78, 5) is 0. The van der Waals surface area contributed by atoms with Crippen LogP contribution in [-0.2, 0) is 9.84 Å². The summed E-state index contributed by atoms with van der Waals surface area (Å²) < 4.78 is 34.2. The molecule has 0 radical (unpaired) electrons. The molecule has 60 valence electrons. The first-order chi connectivity index (χ1) is 4.55. The largest absolute Gasteiger partial charge is 0.246 e. The maximum Gasteiger partial charge on any atom is 0.153 e. The van der Waals surface area contributed by atoms with Crippen LogP contribution in [-0.4, -0.2) is 26.1 Å². The molecule has 0 spiro atoms. The molecular formula is C6H11FO2S. The molecule has 0 bridgehead atoms. The van der Waals surface area contributed by atoms with Gasteiger partial charge in [0.15, 0.2) is 9.84 Å². The summed E-state index contributed by atoms with van der Waals surface area (Å²) in [5.41, 5.74) is 0. The molecule has 4 heteroatoms. The third-order valence-electron chi connectivity index (χ3n) is 1.92. The minimum absolute atomic E-state index is 0.0463. The van der Waals surface area contributed by atoms with E-state index in [1.807, 2.05) is 6.92 Å². The van der Waals surface area contributed by atoms with Crippen molar-refractivity contribution < 1.29 is 12.8 Å². The van der Waals surface area contributed by atoms with Crippen LogP contribution in [0.15, 0.2) is 0 Å². The molecule has 0 aromatic rings. The number of sulfone groups is 1. The predicted octanol–water partition coefficient (Wildman–Crippen LogP) is 0.779. The summed E-state index contributed by atoms with van der Waals surface area (Å²) in [6, 6.07) is 0. The number of rotatable bonds is 1. The molecule has 1 aliphatic heterocycles. The lowest BCUT2D eigenvalue weighted by atomic mass is 10.1. The quantitative estimate of drug-likeness (QED) is 0.577. The second-order valence-electron chi connectivity index (χ2n) is 2.76. The van der Waals surface area contributed by atoms with Gasteiger partial charge in [0.2, 0.25) is 0 Å². The zero-order chi connectivity index (χ0) is 7.78. The molecule has 2 atom stereocenters. The Labute approximate surface area is 60.3 Å². The van der Waals surface area contributed by atoms with E-state index in [0.29, 0.717) is 6.42 Å². The molecule has 1 rings (SSSR count). The zero-order valence-corrected chi connectivity index (χ0v) is 6.70. The highest BCUT2D eigenvalue weighted by Gasteiger charge is 2.36. The van der Waals surface area contributed by atoms with E-state index >= 15 is 0 Å². The Bertz CT molecular complexity index is 210. The Morgan fingerprint density at radius 2 is 2.10 bits per heavy atom. The van der Waals surface area contributed by atoms with Gasteiger partial charge in [0, 0.05) is 5.92 Å². The molecule has 0 aromatic carbocycles. The van der Waals surface area contributed by atoms with Crippen molar-refractivity contribution in [2.75, 3.05) is 11.5 Å². The minimum atomic E-state index is -3.03. The van der Waals surface area contributed by atoms with Crippen LogP contribution < -0.4 is 0 Å². The molecule has 0 aliphatic carbocycles. The standard InChI is InChI=1S/C6H11FO2S/c1-2-5-3-10(8,9)4-6(5)7/h5-6H,2-4H2,1H3. The first kappa shape index (κ1) is 7.98. The highest BCUT2D eigenvalue weighted by molar-refractivity contribution is 7.91. The summed E-state index contributed by atoms with van der Waals surface area (Å²) in [5, 5.41) is 0. The first-order valence-electron chi connectivity index (χ1n) is 3.39. The Morgan fingerprint density at radius 1 is 1.50 bits per heavy atom. The topological polar surface area (TPSA) is 34.1 Å². The van der Waals surface area contributed by atoms with E-state index in [2.05, 4.69) is 0 Å². The summed E-state index contributed by atoms with van der Waals surface area (Å²) in [6.07, 6.45) is -0.490. The molecule has 1 heterocycles. The van der Waals surface area contributed by atoms with E-state index in [-0.39, 0.29) is 17.4 Å². The van der Waals surface area contributed by atoms with Gasteiger partial charge in [0.25, 0.3) is 0 Å². The van der Waals surface area contributed by atoms with Crippen molar-refractivity contribution in [3.8, 4) is 0 Å². The predicted molar refractivity (Wildman–Crippen MR) is 37.3 cm³/mol. The van der Waals surface area contributed by atoms with Gasteiger partial charge < -0.3 is 0 Å². The van der Waals surface area contributed by atoms with Crippen molar-refractivity contribution in [1.29, 1.82) is 0 Å². The van der Waals surface area contributed by atoms with E-state index in [9.17, 15) is 12.8 Å². The highest BCUT2D eigenvalue weighted by atomic mass is 32.2. The molecule has 0 saturated carbocycles. The van der Waals surface area contributed by atoms with Gasteiger partial charge in [-0.2, -0.15) is 0 Å². The third-order valence-corrected chi connectivity index (χ3v) is 3.68. The molecule has 10 heavy (non-hydrogen) atoms. The van der Waals surface area contributed by atoms with E-state index in [4.69, 9.17) is 0 Å². The molecule has 0 aromatic heterocycles. The number of halogens is 1. The smallest absolute Gasteiger partial charge is 0.153 e. The van der Waals surface area contributed by atoms with Crippen LogP contribution in [0.1, 0.15) is 13.3 Å². The SMILES string of the molecule is CCC1CS(=O)(=O)CC1F. The van der Waals surface area contributed by atoms with Crippen LogP contribution in [0.4, 0.5) is 4.39 Å². The summed E-state index contributed by atoms with van der Waals surface area (Å²) in [5.74, 6) is -0.458. The average Bonchev–Trinajstić information content (AvgIpc) is 2.05. The van der Waals surface area contributed by atoms with Crippen LogP contribution in [0.3, 0.4) is 0 Å². The van der Waals surface area contributed by atoms with Crippen molar-refractivity contribution in [1.82, 2.24) is 0 Å². The van der Waals surface area contributed by atoms with E-state index in [1.54, 1.807) is 0 Å². The molecule has 1 saturated heterocycles. The Morgan fingerprint density at radius 3 is 2.30 bits per heavy atom. The van der Waals surface area contributed by atoms with Crippen molar-refractivity contribution in [2.45, 2.75) is 19.5 Å². The van der Waals surface area contributed by atoms with Crippen LogP contribution in [0, 0.1) is 5.92 Å². The lowest BCUT2D eigenvalue weighted by Gasteiger charge is -2.04. The van der Waals surface area contributed by atoms with Crippen molar-refractivity contribution in [3.05, 3.63) is 0 Å². The normalized spacial score (nSPS) is 38.2. The second kappa shape index (κ2) is 2.49. The fraction of sp³-hybridized carbons (Fsp3) is 1.00. The number of alkyl halides is 1. The van der Waals surface area contributed by atoms with E-state index in [1.165, 1.54) is 0 Å². The highest BCUT2D eigenvalue weighted by Crippen LogP contribution is 2.24. The molecule has 0 amide bonds. The third kappa shape index (κ3) is 1.48. The molecule has 2 unspecified atom stereocenters.